The third kappa shape index (κ3) is 5.48. The monoisotopic (exact) mass is 473 g/mol. The molecule has 4 rings (SSSR count). The fraction of sp³-hybridized carbons (Fsp3) is 0.259. The molecule has 2 amide bonds. The van der Waals surface area contributed by atoms with E-state index >= 15 is 0 Å². The van der Waals surface area contributed by atoms with Crippen LogP contribution in [0.4, 0.5) is 10.5 Å². The minimum atomic E-state index is -1.13. The van der Waals surface area contributed by atoms with Crippen LogP contribution < -0.4 is 10.6 Å². The molecule has 180 valence electrons. The lowest BCUT2D eigenvalue weighted by molar-refractivity contribution is -0.119. The van der Waals surface area contributed by atoms with E-state index in [0.717, 1.165) is 28.7 Å². The smallest absolute Gasteiger partial charge is 0.407 e. The Bertz CT molecular complexity index is 1200. The van der Waals surface area contributed by atoms with Crippen LogP contribution in [0.25, 0.3) is 11.1 Å². The number of nitrogens with one attached hydrogen (secondary N) is 2. The number of aromatic carboxylic acids is 1. The van der Waals surface area contributed by atoms with Crippen molar-refractivity contribution >= 4 is 23.7 Å². The Labute approximate surface area is 203 Å². The van der Waals surface area contributed by atoms with Gasteiger partial charge >= 0.3 is 12.1 Å². The fourth-order valence-corrected chi connectivity index (χ4v) is 4.40. The number of carbonyl (C=O) groups excluding carboxylic acids is 2. The number of benzene rings is 2. The average Bonchev–Trinajstić information content (AvgIpc) is 3.19. The van der Waals surface area contributed by atoms with Gasteiger partial charge in [-0.1, -0.05) is 61.9 Å². The van der Waals surface area contributed by atoms with Crippen molar-refractivity contribution < 1.29 is 24.2 Å². The predicted molar refractivity (Wildman–Crippen MR) is 131 cm³/mol. The molecule has 0 radical (unpaired) electrons. The molecule has 35 heavy (non-hydrogen) atoms. The van der Waals surface area contributed by atoms with Crippen LogP contribution in [0, 0.1) is 5.92 Å². The summed E-state index contributed by atoms with van der Waals surface area (Å²) in [5, 5.41) is 14.5. The van der Waals surface area contributed by atoms with Crippen molar-refractivity contribution in [1.82, 2.24) is 10.3 Å². The molecule has 1 aliphatic rings. The molecule has 3 aromatic rings. The summed E-state index contributed by atoms with van der Waals surface area (Å²) in [4.78, 5) is 40.2. The van der Waals surface area contributed by atoms with E-state index in [0.29, 0.717) is 6.42 Å². The van der Waals surface area contributed by atoms with E-state index < -0.39 is 18.0 Å². The van der Waals surface area contributed by atoms with Crippen LogP contribution in [0.15, 0.2) is 67.0 Å². The van der Waals surface area contributed by atoms with Crippen LogP contribution in [0.1, 0.15) is 47.2 Å². The lowest BCUT2D eigenvalue weighted by Crippen LogP contribution is -2.36. The van der Waals surface area contributed by atoms with Gasteiger partial charge in [0.2, 0.25) is 5.91 Å². The Morgan fingerprint density at radius 2 is 1.69 bits per heavy atom. The van der Waals surface area contributed by atoms with Gasteiger partial charge in [0.15, 0.2) is 0 Å². The molecule has 1 heterocycles. The summed E-state index contributed by atoms with van der Waals surface area (Å²) < 4.78 is 5.55. The van der Waals surface area contributed by atoms with Crippen LogP contribution in [0.5, 0.6) is 0 Å². The normalized spacial score (nSPS) is 12.8. The predicted octanol–water partition coefficient (Wildman–Crippen LogP) is 4.67. The SMILES string of the molecule is CCCC(CNC(=O)OCC1c2ccccc2-c2ccccc21)C(=O)Nc1cncc(C(=O)O)c1. The van der Waals surface area contributed by atoms with Gasteiger partial charge in [0.25, 0.3) is 0 Å². The Balaban J connectivity index is 1.34. The number of fused-ring (bicyclic) bond motifs is 3. The van der Waals surface area contributed by atoms with E-state index in [1.807, 2.05) is 31.2 Å². The molecule has 3 N–H and O–H groups in total. The van der Waals surface area contributed by atoms with Gasteiger partial charge < -0.3 is 20.5 Å². The number of aromatic nitrogens is 1. The van der Waals surface area contributed by atoms with E-state index in [2.05, 4.69) is 39.9 Å². The summed E-state index contributed by atoms with van der Waals surface area (Å²) in [5.74, 6) is -2.00. The molecule has 8 nitrogen and oxygen atoms in total. The van der Waals surface area contributed by atoms with Crippen molar-refractivity contribution in [2.75, 3.05) is 18.5 Å². The molecule has 0 bridgehead atoms. The molecule has 1 atom stereocenters. The Kier molecular flexibility index (Phi) is 7.40. The first-order valence-electron chi connectivity index (χ1n) is 11.6. The zero-order valence-electron chi connectivity index (χ0n) is 19.4. The summed E-state index contributed by atoms with van der Waals surface area (Å²) >= 11 is 0. The maximum absolute atomic E-state index is 12.8. The number of carbonyl (C=O) groups is 3. The summed E-state index contributed by atoms with van der Waals surface area (Å²) in [5.41, 5.74) is 4.82. The van der Waals surface area contributed by atoms with Gasteiger partial charge in [-0.2, -0.15) is 0 Å². The van der Waals surface area contributed by atoms with Gasteiger partial charge in [0.1, 0.15) is 6.61 Å². The maximum Gasteiger partial charge on any atom is 0.407 e. The largest absolute Gasteiger partial charge is 0.478 e. The zero-order valence-corrected chi connectivity index (χ0v) is 19.4. The van der Waals surface area contributed by atoms with Crippen LogP contribution in [0.3, 0.4) is 0 Å². The lowest BCUT2D eigenvalue weighted by atomic mass is 9.98. The van der Waals surface area contributed by atoms with E-state index in [1.54, 1.807) is 0 Å². The van der Waals surface area contributed by atoms with Gasteiger partial charge in [0, 0.05) is 18.7 Å². The quantitative estimate of drug-likeness (QED) is 0.416. The van der Waals surface area contributed by atoms with Crippen molar-refractivity contribution in [3.63, 3.8) is 0 Å². The molecule has 2 aromatic carbocycles. The van der Waals surface area contributed by atoms with Crippen LogP contribution in [-0.4, -0.2) is 41.2 Å². The molecular weight excluding hydrogens is 446 g/mol. The number of ether oxygens (including phenoxy) is 1. The third-order valence-corrected chi connectivity index (χ3v) is 6.10. The molecular formula is C27H27N3O5. The standard InChI is InChI=1S/C27H27N3O5/c1-2-7-17(25(31)30-19-12-18(26(32)33)13-28-15-19)14-29-27(34)35-16-24-22-10-5-3-8-20(22)21-9-4-6-11-23(21)24/h3-6,8-13,15,17,24H,2,7,14,16H2,1H3,(H,29,34)(H,30,31)(H,32,33). The molecule has 0 aliphatic heterocycles. The Hall–Kier alpha value is -4.20. The molecule has 8 heteroatoms. The highest BCUT2D eigenvalue weighted by Gasteiger charge is 2.29. The molecule has 0 saturated heterocycles. The van der Waals surface area contributed by atoms with E-state index in [-0.39, 0.29) is 36.2 Å². The van der Waals surface area contributed by atoms with Crippen molar-refractivity contribution in [3.8, 4) is 11.1 Å². The van der Waals surface area contributed by atoms with E-state index in [4.69, 9.17) is 9.84 Å². The van der Waals surface area contributed by atoms with Crippen molar-refractivity contribution in [1.29, 1.82) is 0 Å². The molecule has 0 saturated carbocycles. The number of pyridine rings is 1. The maximum atomic E-state index is 12.8. The van der Waals surface area contributed by atoms with Gasteiger partial charge in [0.05, 0.1) is 23.4 Å². The first kappa shape index (κ1) is 23.9. The van der Waals surface area contributed by atoms with Crippen LogP contribution in [-0.2, 0) is 9.53 Å². The minimum Gasteiger partial charge on any atom is -0.478 e. The Morgan fingerprint density at radius 1 is 1.03 bits per heavy atom. The molecule has 1 unspecified atom stereocenters. The number of carboxylic acids is 1. The number of hydrogen-bond donors (Lipinski definition) is 3. The number of carboxylic acid groups (broad SMARTS) is 1. The van der Waals surface area contributed by atoms with E-state index in [1.165, 1.54) is 18.5 Å². The van der Waals surface area contributed by atoms with Crippen molar-refractivity contribution in [2.24, 2.45) is 5.92 Å². The molecule has 1 aliphatic carbocycles. The average molecular weight is 474 g/mol. The van der Waals surface area contributed by atoms with Crippen LogP contribution in [0.2, 0.25) is 0 Å². The summed E-state index contributed by atoms with van der Waals surface area (Å²) in [6.07, 6.45) is 3.28. The van der Waals surface area contributed by atoms with Gasteiger partial charge in [-0.25, -0.2) is 9.59 Å². The topological polar surface area (TPSA) is 118 Å². The first-order valence-corrected chi connectivity index (χ1v) is 11.6. The van der Waals surface area contributed by atoms with Gasteiger partial charge in [-0.05, 0) is 34.7 Å². The minimum absolute atomic E-state index is 0.0217. The second kappa shape index (κ2) is 10.8. The summed E-state index contributed by atoms with van der Waals surface area (Å²) in [6.45, 7) is 2.24. The number of amides is 2. The number of anilines is 1. The highest BCUT2D eigenvalue weighted by molar-refractivity contribution is 5.95. The molecule has 1 aromatic heterocycles. The Morgan fingerprint density at radius 3 is 2.31 bits per heavy atom. The van der Waals surface area contributed by atoms with Gasteiger partial charge in [-0.3, -0.25) is 9.78 Å². The molecule has 0 spiro atoms. The second-order valence-electron chi connectivity index (χ2n) is 8.45. The highest BCUT2D eigenvalue weighted by Crippen LogP contribution is 2.44. The van der Waals surface area contributed by atoms with Crippen LogP contribution >= 0.6 is 0 Å². The number of nitrogens with zero attached hydrogens (tertiary/aromatic N) is 1. The third-order valence-electron chi connectivity index (χ3n) is 6.10. The lowest BCUT2D eigenvalue weighted by Gasteiger charge is -2.18. The fourth-order valence-electron chi connectivity index (χ4n) is 4.40. The number of alkyl carbamates (subject to hydrolysis) is 1. The second-order valence-corrected chi connectivity index (χ2v) is 8.45. The van der Waals surface area contributed by atoms with Crippen molar-refractivity contribution in [2.45, 2.75) is 25.7 Å². The summed E-state index contributed by atoms with van der Waals surface area (Å²) in [7, 11) is 0. The first-order chi connectivity index (χ1) is 17.0. The molecule has 0 fully saturated rings. The summed E-state index contributed by atoms with van der Waals surface area (Å²) in [6, 6.07) is 17.6. The van der Waals surface area contributed by atoms with Gasteiger partial charge in [-0.15, -0.1) is 0 Å². The van der Waals surface area contributed by atoms with Crippen molar-refractivity contribution in [3.05, 3.63) is 83.7 Å². The highest BCUT2D eigenvalue weighted by atomic mass is 16.5. The number of rotatable bonds is 9. The zero-order chi connectivity index (χ0) is 24.8. The number of hydrogen-bond acceptors (Lipinski definition) is 5. The van der Waals surface area contributed by atoms with E-state index in [9.17, 15) is 14.4 Å².